The van der Waals surface area contributed by atoms with Crippen LogP contribution in [0, 0.1) is 0 Å². The van der Waals surface area contributed by atoms with E-state index in [-0.39, 0.29) is 21.4 Å². The van der Waals surface area contributed by atoms with E-state index in [1.165, 1.54) is 18.2 Å². The number of barbiturate groups is 1. The van der Waals surface area contributed by atoms with Crippen molar-refractivity contribution in [3.05, 3.63) is 63.1 Å². The van der Waals surface area contributed by atoms with Crippen molar-refractivity contribution in [2.24, 2.45) is 0 Å². The molecule has 0 aliphatic carbocycles. The monoisotopic (exact) mass is 404 g/mol. The fourth-order valence-electron chi connectivity index (χ4n) is 2.61. The highest BCUT2D eigenvalue weighted by atomic mass is 35.5. The number of carbonyl (C=O) groups is 3. The lowest BCUT2D eigenvalue weighted by molar-refractivity contribution is -0.122. The average molecular weight is 405 g/mol. The van der Waals surface area contributed by atoms with Gasteiger partial charge in [0.15, 0.2) is 5.75 Å². The third-order valence-electron chi connectivity index (χ3n) is 4.05. The number of halogens is 2. The molecule has 0 aromatic heterocycles. The molecule has 27 heavy (non-hydrogen) atoms. The molecular weight excluding hydrogens is 391 g/mol. The lowest BCUT2D eigenvalue weighted by Gasteiger charge is -2.26. The van der Waals surface area contributed by atoms with Crippen molar-refractivity contribution in [2.75, 3.05) is 4.90 Å². The van der Waals surface area contributed by atoms with E-state index in [2.05, 4.69) is 5.32 Å². The summed E-state index contributed by atoms with van der Waals surface area (Å²) in [6, 6.07) is 8.76. The molecule has 1 aliphatic rings. The summed E-state index contributed by atoms with van der Waals surface area (Å²) in [5.41, 5.74) is 1.46. The minimum Gasteiger partial charge on any atom is -0.505 e. The van der Waals surface area contributed by atoms with Crippen LogP contribution in [-0.2, 0) is 16.0 Å². The van der Waals surface area contributed by atoms with Gasteiger partial charge in [0.25, 0.3) is 11.8 Å². The summed E-state index contributed by atoms with van der Waals surface area (Å²) < 4.78 is 0. The Balaban J connectivity index is 2.01. The molecule has 0 unspecified atom stereocenters. The lowest BCUT2D eigenvalue weighted by Crippen LogP contribution is -2.54. The third-order valence-corrected chi connectivity index (χ3v) is 4.63. The molecule has 4 amide bonds. The van der Waals surface area contributed by atoms with Gasteiger partial charge in [-0.3, -0.25) is 14.9 Å². The summed E-state index contributed by atoms with van der Waals surface area (Å²) in [5.74, 6) is -1.90. The Morgan fingerprint density at radius 2 is 1.67 bits per heavy atom. The number of benzene rings is 2. The lowest BCUT2D eigenvalue weighted by atomic mass is 10.1. The van der Waals surface area contributed by atoms with Crippen LogP contribution in [0.4, 0.5) is 10.5 Å². The first-order valence-corrected chi connectivity index (χ1v) is 8.75. The first kappa shape index (κ1) is 18.9. The number of anilines is 1. The van der Waals surface area contributed by atoms with Gasteiger partial charge in [-0.05, 0) is 47.9 Å². The highest BCUT2D eigenvalue weighted by Crippen LogP contribution is 2.33. The molecule has 8 heteroatoms. The van der Waals surface area contributed by atoms with Crippen LogP contribution in [0.3, 0.4) is 0 Å². The molecule has 2 N–H and O–H groups in total. The largest absolute Gasteiger partial charge is 0.505 e. The van der Waals surface area contributed by atoms with Crippen LogP contribution in [0.5, 0.6) is 5.75 Å². The molecule has 0 radical (unpaired) electrons. The summed E-state index contributed by atoms with van der Waals surface area (Å²) in [4.78, 5) is 38.1. The van der Waals surface area contributed by atoms with Gasteiger partial charge in [0, 0.05) is 0 Å². The van der Waals surface area contributed by atoms with Crippen LogP contribution in [0.1, 0.15) is 18.1 Å². The molecule has 0 saturated carbocycles. The Labute approximate surface area is 165 Å². The van der Waals surface area contributed by atoms with Gasteiger partial charge in [-0.2, -0.15) is 0 Å². The van der Waals surface area contributed by atoms with Crippen molar-refractivity contribution in [1.29, 1.82) is 0 Å². The number of phenolic OH excluding ortho intramolecular Hbond substituents is 1. The molecule has 3 rings (SSSR count). The van der Waals surface area contributed by atoms with E-state index >= 15 is 0 Å². The topological polar surface area (TPSA) is 86.7 Å². The van der Waals surface area contributed by atoms with Crippen LogP contribution in [0.25, 0.3) is 6.08 Å². The molecule has 2 aromatic rings. The number of nitrogens with one attached hydrogen (secondary N) is 1. The molecular formula is C19H14Cl2N2O4. The number of urea groups is 1. The Hall–Kier alpha value is -2.83. The second-order valence-corrected chi connectivity index (χ2v) is 6.63. The van der Waals surface area contributed by atoms with Crippen molar-refractivity contribution in [1.82, 2.24) is 5.32 Å². The van der Waals surface area contributed by atoms with E-state index in [1.54, 1.807) is 24.3 Å². The smallest absolute Gasteiger partial charge is 0.335 e. The molecule has 1 fully saturated rings. The minimum absolute atomic E-state index is 0.0268. The second-order valence-electron chi connectivity index (χ2n) is 5.81. The third kappa shape index (κ3) is 3.67. The number of amides is 4. The average Bonchev–Trinajstić information content (AvgIpc) is 2.63. The number of imide groups is 2. The summed E-state index contributed by atoms with van der Waals surface area (Å²) in [7, 11) is 0. The van der Waals surface area contributed by atoms with Gasteiger partial charge >= 0.3 is 6.03 Å². The minimum atomic E-state index is -0.827. The number of hydrogen-bond acceptors (Lipinski definition) is 4. The normalized spacial score (nSPS) is 16.0. The molecule has 6 nitrogen and oxygen atoms in total. The van der Waals surface area contributed by atoms with E-state index < -0.39 is 17.8 Å². The van der Waals surface area contributed by atoms with Gasteiger partial charge in [-0.1, -0.05) is 42.3 Å². The molecule has 0 bridgehead atoms. The van der Waals surface area contributed by atoms with Crippen molar-refractivity contribution in [2.45, 2.75) is 13.3 Å². The highest BCUT2D eigenvalue weighted by Gasteiger charge is 2.36. The number of nitrogens with zero attached hydrogens (tertiary/aromatic N) is 1. The Morgan fingerprint density at radius 3 is 2.22 bits per heavy atom. The maximum atomic E-state index is 12.8. The van der Waals surface area contributed by atoms with E-state index in [9.17, 15) is 19.5 Å². The molecule has 1 aliphatic heterocycles. The van der Waals surface area contributed by atoms with Crippen LogP contribution in [0.15, 0.2) is 42.0 Å². The fourth-order valence-corrected chi connectivity index (χ4v) is 3.11. The van der Waals surface area contributed by atoms with Gasteiger partial charge < -0.3 is 5.11 Å². The van der Waals surface area contributed by atoms with E-state index in [0.717, 1.165) is 16.9 Å². The van der Waals surface area contributed by atoms with Crippen molar-refractivity contribution in [3.8, 4) is 5.75 Å². The summed E-state index contributed by atoms with van der Waals surface area (Å²) >= 11 is 11.7. The maximum Gasteiger partial charge on any atom is 0.335 e. The van der Waals surface area contributed by atoms with Gasteiger partial charge in [0.05, 0.1) is 15.7 Å². The number of rotatable bonds is 3. The summed E-state index contributed by atoms with van der Waals surface area (Å²) in [6.45, 7) is 1.99. The Kier molecular flexibility index (Phi) is 5.21. The van der Waals surface area contributed by atoms with Crippen LogP contribution in [0.2, 0.25) is 10.0 Å². The molecule has 1 heterocycles. The quantitative estimate of drug-likeness (QED) is 0.599. The SMILES string of the molecule is CCc1ccc(N2C(=O)NC(=O)/C(=C\c3cc(Cl)c(O)c(Cl)c3)C2=O)cc1. The molecule has 2 aromatic carbocycles. The number of carbonyl (C=O) groups excluding carboxylic acids is 3. The number of aromatic hydroxyl groups is 1. The first-order valence-electron chi connectivity index (χ1n) is 8.00. The first-order chi connectivity index (χ1) is 12.8. The summed E-state index contributed by atoms with van der Waals surface area (Å²) in [6.07, 6.45) is 2.07. The van der Waals surface area contributed by atoms with Gasteiger partial charge in [0.2, 0.25) is 0 Å². The fraction of sp³-hybridized carbons (Fsp3) is 0.105. The standard InChI is InChI=1S/C19H14Cl2N2O4/c1-2-10-3-5-12(6-4-10)23-18(26)13(17(25)22-19(23)27)7-11-8-14(20)16(24)15(21)9-11/h3-9,24H,2H2,1H3,(H,22,25,27)/b13-7+. The van der Waals surface area contributed by atoms with Gasteiger partial charge in [-0.25, -0.2) is 9.69 Å². The van der Waals surface area contributed by atoms with Crippen molar-refractivity contribution in [3.63, 3.8) is 0 Å². The molecule has 138 valence electrons. The molecule has 0 spiro atoms. The number of aryl methyl sites for hydroxylation is 1. The zero-order valence-corrected chi connectivity index (χ0v) is 15.6. The molecule has 0 atom stereocenters. The number of phenols is 1. The van der Waals surface area contributed by atoms with Crippen LogP contribution < -0.4 is 10.2 Å². The zero-order chi connectivity index (χ0) is 19.7. The van der Waals surface area contributed by atoms with Crippen molar-refractivity contribution >= 4 is 52.8 Å². The summed E-state index contributed by atoms with van der Waals surface area (Å²) in [5, 5.41) is 11.7. The number of hydrogen-bond donors (Lipinski definition) is 2. The second kappa shape index (κ2) is 7.42. The van der Waals surface area contributed by atoms with Crippen LogP contribution >= 0.6 is 23.2 Å². The van der Waals surface area contributed by atoms with E-state index in [1.807, 2.05) is 6.92 Å². The molecule has 1 saturated heterocycles. The van der Waals surface area contributed by atoms with E-state index in [0.29, 0.717) is 11.3 Å². The van der Waals surface area contributed by atoms with Gasteiger partial charge in [0.1, 0.15) is 5.57 Å². The van der Waals surface area contributed by atoms with Crippen molar-refractivity contribution < 1.29 is 19.5 Å². The predicted molar refractivity (Wildman–Crippen MR) is 103 cm³/mol. The maximum absolute atomic E-state index is 12.8. The van der Waals surface area contributed by atoms with E-state index in [4.69, 9.17) is 23.2 Å². The Bertz CT molecular complexity index is 961. The van der Waals surface area contributed by atoms with Gasteiger partial charge in [-0.15, -0.1) is 0 Å². The van der Waals surface area contributed by atoms with Crippen LogP contribution in [-0.4, -0.2) is 23.0 Å². The zero-order valence-electron chi connectivity index (χ0n) is 14.1. The highest BCUT2D eigenvalue weighted by molar-refractivity contribution is 6.40. The predicted octanol–water partition coefficient (Wildman–Crippen LogP) is 3.93. The Morgan fingerprint density at radius 1 is 1.07 bits per heavy atom.